The fourth-order valence-corrected chi connectivity index (χ4v) is 25.0. The number of halogens is 1. The molecule has 0 aromatic heterocycles. The predicted molar refractivity (Wildman–Crippen MR) is 90.1 cm³/mol. The number of hydrogen-bond donors (Lipinski definition) is 0. The van der Waals surface area contributed by atoms with Crippen molar-refractivity contribution in [3.63, 3.8) is 0 Å². The van der Waals surface area contributed by atoms with Gasteiger partial charge in [0.2, 0.25) is 0 Å². The quantitative estimate of drug-likeness (QED) is 0.550. The van der Waals surface area contributed by atoms with E-state index < -0.39 is 22.2 Å². The molecule has 0 bridgehead atoms. The Kier molecular flexibility index (Phi) is 3.56. The minimum atomic E-state index is -1.61. The Morgan fingerprint density at radius 3 is 1.95 bits per heavy atom. The first-order valence-corrected chi connectivity index (χ1v) is 14.2. The molecule has 0 radical (unpaired) electrons. The third-order valence-electron chi connectivity index (χ3n) is 5.04. The van der Waals surface area contributed by atoms with Gasteiger partial charge in [0.15, 0.2) is 0 Å². The molecule has 19 heavy (non-hydrogen) atoms. The van der Waals surface area contributed by atoms with E-state index in [0.29, 0.717) is 0 Å². The van der Waals surface area contributed by atoms with Crippen LogP contribution in [0.1, 0.15) is 48.5 Å². The fourth-order valence-electron chi connectivity index (χ4n) is 4.30. The van der Waals surface area contributed by atoms with Gasteiger partial charge in [0.1, 0.15) is 0 Å². The SMILES string of the molecule is CC1=C(C)[C@]2(C)C(=C1C)[Si](C)(C)N(C(C)(C)C)[As]2Cl. The summed E-state index contributed by atoms with van der Waals surface area (Å²) >= 11 is -1.60. The molecule has 4 heteroatoms. The van der Waals surface area contributed by atoms with Gasteiger partial charge in [-0.1, -0.05) is 0 Å². The van der Waals surface area contributed by atoms with Crippen LogP contribution in [0.15, 0.2) is 21.9 Å². The fraction of sp³-hybridized carbons (Fsp3) is 0.733. The van der Waals surface area contributed by atoms with Crippen LogP contribution in [0.25, 0.3) is 0 Å². The number of fused-ring (bicyclic) bond motifs is 1. The van der Waals surface area contributed by atoms with Gasteiger partial charge >= 0.3 is 129 Å². The van der Waals surface area contributed by atoms with Crippen molar-refractivity contribution in [2.75, 3.05) is 0 Å². The van der Waals surface area contributed by atoms with Gasteiger partial charge in [-0.3, -0.25) is 0 Å². The second-order valence-electron chi connectivity index (χ2n) is 7.62. The van der Waals surface area contributed by atoms with Crippen LogP contribution in [0.4, 0.5) is 0 Å². The van der Waals surface area contributed by atoms with Crippen molar-refractivity contribution in [2.24, 2.45) is 0 Å². The standard InChI is InChI=1S/C15H27AsClNSi/c1-10-11(2)13-15(7,12(10)3)16(17)18(14(4,5)6)19(13,8)9/h1-9H3/t15-,16?/m1/s1. The molecule has 2 aliphatic rings. The van der Waals surface area contributed by atoms with Gasteiger partial charge in [0.05, 0.1) is 0 Å². The molecule has 2 atom stereocenters. The van der Waals surface area contributed by atoms with Gasteiger partial charge in [0, 0.05) is 0 Å². The summed E-state index contributed by atoms with van der Waals surface area (Å²) in [5.41, 5.74) is 4.78. The second kappa shape index (κ2) is 4.26. The van der Waals surface area contributed by atoms with Crippen LogP contribution in [0, 0.1) is 0 Å². The van der Waals surface area contributed by atoms with Gasteiger partial charge in [-0.2, -0.15) is 0 Å². The van der Waals surface area contributed by atoms with Gasteiger partial charge < -0.3 is 0 Å². The molecule has 0 aromatic rings. The molecular formula is C15H27AsClNSi. The van der Waals surface area contributed by atoms with Crippen molar-refractivity contribution in [1.29, 1.82) is 0 Å². The topological polar surface area (TPSA) is 3.24 Å². The first-order valence-electron chi connectivity index (χ1n) is 7.04. The van der Waals surface area contributed by atoms with Crippen molar-refractivity contribution in [3.05, 3.63) is 21.9 Å². The Morgan fingerprint density at radius 1 is 1.11 bits per heavy atom. The summed E-state index contributed by atoms with van der Waals surface area (Å²) in [7, 11) is 5.54. The van der Waals surface area contributed by atoms with Crippen LogP contribution in [0.5, 0.6) is 0 Å². The zero-order valence-electron chi connectivity index (χ0n) is 13.8. The first-order chi connectivity index (χ1) is 8.37. The van der Waals surface area contributed by atoms with Crippen LogP contribution in [0.2, 0.25) is 17.3 Å². The minimum absolute atomic E-state index is 0.186. The summed E-state index contributed by atoms with van der Waals surface area (Å²) in [6.45, 7) is 21.3. The molecule has 1 unspecified atom stereocenters. The van der Waals surface area contributed by atoms with E-state index in [2.05, 4.69) is 65.0 Å². The predicted octanol–water partition coefficient (Wildman–Crippen LogP) is 5.00. The van der Waals surface area contributed by atoms with Crippen molar-refractivity contribution >= 4 is 32.1 Å². The molecule has 0 N–H and O–H groups in total. The second-order valence-corrected chi connectivity index (χ2v) is 18.0. The Bertz CT molecular complexity index is 501. The van der Waals surface area contributed by atoms with Crippen LogP contribution in [0.3, 0.4) is 0 Å². The molecule has 1 aliphatic carbocycles. The molecule has 0 spiro atoms. The van der Waals surface area contributed by atoms with Crippen molar-refractivity contribution < 1.29 is 0 Å². The summed E-state index contributed by atoms with van der Waals surface area (Å²) in [5.74, 6) is 0. The van der Waals surface area contributed by atoms with E-state index in [-0.39, 0.29) is 9.74 Å². The molecule has 1 heterocycles. The number of nitrogens with zero attached hydrogens (tertiary/aromatic N) is 1. The average molecular weight is 360 g/mol. The van der Waals surface area contributed by atoms with Crippen molar-refractivity contribution in [3.8, 4) is 0 Å². The maximum atomic E-state index is 7.15. The number of allylic oxidation sites excluding steroid dienone is 4. The van der Waals surface area contributed by atoms with E-state index in [9.17, 15) is 0 Å². The molecule has 0 amide bonds. The Labute approximate surface area is 128 Å². The summed E-state index contributed by atoms with van der Waals surface area (Å²) in [6, 6.07) is 0. The summed E-state index contributed by atoms with van der Waals surface area (Å²) in [5, 5.41) is 1.72. The van der Waals surface area contributed by atoms with Gasteiger partial charge in [0.25, 0.3) is 0 Å². The molecule has 108 valence electrons. The van der Waals surface area contributed by atoms with Gasteiger partial charge in [-0.25, -0.2) is 0 Å². The summed E-state index contributed by atoms with van der Waals surface area (Å²) in [6.07, 6.45) is 0. The number of rotatable bonds is 0. The first kappa shape index (κ1) is 15.9. The third-order valence-corrected chi connectivity index (χ3v) is 21.4. The molecule has 1 saturated heterocycles. The van der Waals surface area contributed by atoms with Crippen LogP contribution in [-0.2, 0) is 0 Å². The summed E-state index contributed by atoms with van der Waals surface area (Å²) in [4.78, 5) is 0. The molecule has 1 fully saturated rings. The van der Waals surface area contributed by atoms with E-state index in [1.807, 2.05) is 0 Å². The summed E-state index contributed by atoms with van der Waals surface area (Å²) < 4.78 is 2.95. The molecule has 1 nitrogen and oxygen atoms in total. The van der Waals surface area contributed by atoms with Crippen molar-refractivity contribution in [1.82, 2.24) is 3.48 Å². The Hall–Kier alpha value is 0.505. The van der Waals surface area contributed by atoms with E-state index >= 15 is 0 Å². The maximum absolute atomic E-state index is 7.15. The normalized spacial score (nSPS) is 35.4. The molecule has 2 rings (SSSR count). The zero-order valence-corrected chi connectivity index (χ0v) is 17.4. The Balaban J connectivity index is 2.72. The van der Waals surface area contributed by atoms with Crippen LogP contribution >= 0.6 is 9.95 Å². The van der Waals surface area contributed by atoms with E-state index in [1.165, 1.54) is 5.57 Å². The van der Waals surface area contributed by atoms with E-state index in [4.69, 9.17) is 9.95 Å². The third kappa shape index (κ3) is 1.83. The average Bonchev–Trinajstić information content (AvgIpc) is 2.49. The van der Waals surface area contributed by atoms with E-state index in [0.717, 1.165) is 0 Å². The van der Waals surface area contributed by atoms with Gasteiger partial charge in [-0.15, -0.1) is 0 Å². The van der Waals surface area contributed by atoms with E-state index in [1.54, 1.807) is 16.3 Å². The molecular weight excluding hydrogens is 333 g/mol. The monoisotopic (exact) mass is 359 g/mol. The van der Waals surface area contributed by atoms with Crippen LogP contribution < -0.4 is 0 Å². The van der Waals surface area contributed by atoms with Crippen molar-refractivity contribution in [2.45, 2.75) is 71.3 Å². The zero-order chi connectivity index (χ0) is 15.0. The number of hydrogen-bond acceptors (Lipinski definition) is 1. The Morgan fingerprint density at radius 2 is 1.58 bits per heavy atom. The molecule has 1 aliphatic heterocycles. The van der Waals surface area contributed by atoms with Crippen LogP contribution in [-0.4, -0.2) is 31.2 Å². The molecule has 0 saturated carbocycles. The molecule has 0 aromatic carbocycles. The van der Waals surface area contributed by atoms with Gasteiger partial charge in [-0.05, 0) is 0 Å².